The van der Waals surface area contributed by atoms with E-state index in [1.807, 2.05) is 0 Å². The summed E-state index contributed by atoms with van der Waals surface area (Å²) in [5.74, 6) is -7.58. The first-order valence-corrected chi connectivity index (χ1v) is 6.36. The molecule has 0 aliphatic heterocycles. The minimum atomic E-state index is -1.08. The van der Waals surface area contributed by atoms with E-state index in [9.17, 15) is 0 Å². The summed E-state index contributed by atoms with van der Waals surface area (Å²) >= 11 is 0. The van der Waals surface area contributed by atoms with E-state index in [0.717, 1.165) is 48.5 Å². The molecule has 0 radical (unpaired) electrons. The van der Waals surface area contributed by atoms with E-state index in [4.69, 9.17) is 69.3 Å². The van der Waals surface area contributed by atoms with E-state index in [1.165, 1.54) is 0 Å². The van der Waals surface area contributed by atoms with Gasteiger partial charge in [0, 0.05) is 41.8 Å². The van der Waals surface area contributed by atoms with Crippen LogP contribution in [-0.2, 0) is 33.6 Å². The van der Waals surface area contributed by atoms with E-state index in [-0.39, 0.29) is 186 Å². The third-order valence-corrected chi connectivity index (χ3v) is 0. The molecule has 0 saturated carbocycles. The molecule has 0 aromatic carbocycles. The number of carbonyl (C=O) groups excluding carboxylic acids is 7. The van der Waals surface area contributed by atoms with Gasteiger partial charge in [0.05, 0.1) is 0 Å². The number of hydrogen-bond donors (Lipinski definition) is 0. The summed E-state index contributed by atoms with van der Waals surface area (Å²) in [4.78, 5) is 62.2. The second kappa shape index (κ2) is 76.5. The molecule has 0 bridgehead atoms. The molecular formula is C14H21CaNa5O14. The Kier molecular flexibility index (Phi) is 187. The Morgan fingerprint density at radius 2 is 0.294 bits per heavy atom. The van der Waals surface area contributed by atoms with Crippen molar-refractivity contribution in [2.75, 3.05) is 0 Å². The van der Waals surface area contributed by atoms with Gasteiger partial charge in [-0.1, -0.05) is 0 Å². The molecular weight excluding hydrogens is 547 g/mol. The maximum Gasteiger partial charge on any atom is 2.00 e. The summed E-state index contributed by atoms with van der Waals surface area (Å²) in [5, 5.41) is 62.2. The number of hydrogen-bond acceptors (Lipinski definition) is 14. The molecule has 0 saturated heterocycles. The van der Waals surface area contributed by atoms with Gasteiger partial charge in [-0.15, -0.1) is 0 Å². The maximum atomic E-state index is 8.89. The quantitative estimate of drug-likeness (QED) is 0.245. The van der Waals surface area contributed by atoms with Crippen molar-refractivity contribution in [1.82, 2.24) is 0 Å². The fourth-order valence-corrected chi connectivity index (χ4v) is 0. The second-order valence-corrected chi connectivity index (χ2v) is 3.44. The fraction of sp³-hybridized carbons (Fsp3) is 0.500. The predicted molar refractivity (Wildman–Crippen MR) is 80.5 cm³/mol. The van der Waals surface area contributed by atoms with Gasteiger partial charge >= 0.3 is 186 Å². The van der Waals surface area contributed by atoms with Crippen LogP contribution < -0.4 is 184 Å². The van der Waals surface area contributed by atoms with E-state index in [0.29, 0.717) is 0 Å². The SMILES string of the molecule is CC(=O)[O-].CC(=O)[O-].CC(=O)[O-].CC(=O)[O-].CC(=O)[O-].CC(=O)[O-].CC(=O)[O-].[Ca+2].[Na+].[Na+].[Na+].[Na+].[Na+]. The van der Waals surface area contributed by atoms with Gasteiger partial charge in [-0.25, -0.2) is 0 Å². The first-order valence-electron chi connectivity index (χ1n) is 6.36. The Morgan fingerprint density at radius 3 is 0.294 bits per heavy atom. The van der Waals surface area contributed by atoms with E-state index < -0.39 is 41.8 Å². The number of aliphatic carboxylic acids is 7. The molecule has 0 heterocycles. The van der Waals surface area contributed by atoms with Crippen molar-refractivity contribution in [2.45, 2.75) is 48.5 Å². The molecule has 0 unspecified atom stereocenters. The smallest absolute Gasteiger partial charge is 0.550 e. The van der Waals surface area contributed by atoms with Crippen molar-refractivity contribution in [3.05, 3.63) is 0 Å². The van der Waals surface area contributed by atoms with Crippen LogP contribution in [0.3, 0.4) is 0 Å². The second-order valence-electron chi connectivity index (χ2n) is 3.44. The standard InChI is InChI=1S/7C2H4O2.Ca.5Na/c7*1-2(3)4;;;;;;/h7*1H3,(H,3,4);;;;;;/q;;;;;;;+2;5*+1/p-7. The molecule has 0 amide bonds. The van der Waals surface area contributed by atoms with Gasteiger partial charge in [0.2, 0.25) is 0 Å². The van der Waals surface area contributed by atoms with Gasteiger partial charge < -0.3 is 69.3 Å². The average molecular weight is 568 g/mol. The van der Waals surface area contributed by atoms with Crippen molar-refractivity contribution in [2.24, 2.45) is 0 Å². The Morgan fingerprint density at radius 1 is 0.294 bits per heavy atom. The minimum absolute atomic E-state index is 0. The third kappa shape index (κ3) is 5980. The summed E-state index contributed by atoms with van der Waals surface area (Å²) in [7, 11) is 0. The van der Waals surface area contributed by atoms with Gasteiger partial charge in [-0.05, 0) is 48.5 Å². The van der Waals surface area contributed by atoms with Crippen LogP contribution in [0.2, 0.25) is 0 Å². The fourth-order valence-electron chi connectivity index (χ4n) is 0. The summed E-state index contributed by atoms with van der Waals surface area (Å²) in [5.41, 5.74) is 0. The van der Waals surface area contributed by atoms with Crippen LogP contribution in [0.25, 0.3) is 0 Å². The van der Waals surface area contributed by atoms with Crippen molar-refractivity contribution in [1.29, 1.82) is 0 Å². The molecule has 0 aromatic rings. The predicted octanol–water partition coefficient (Wildman–Crippen LogP) is -24.1. The first-order chi connectivity index (χ1) is 12.1. The van der Waals surface area contributed by atoms with Crippen LogP contribution in [0.5, 0.6) is 0 Å². The zero-order valence-electron chi connectivity index (χ0n) is 21.9. The molecule has 0 aromatic heterocycles. The molecule has 0 rings (SSSR count). The average Bonchev–Trinajstić information content (AvgIpc) is 2.20. The molecule has 0 N–H and O–H groups in total. The minimum Gasteiger partial charge on any atom is -0.550 e. The van der Waals surface area contributed by atoms with Crippen LogP contribution in [0.4, 0.5) is 0 Å². The molecule has 34 heavy (non-hydrogen) atoms. The van der Waals surface area contributed by atoms with Crippen LogP contribution in [0, 0.1) is 0 Å². The Balaban J connectivity index is -0.0000000134. The van der Waals surface area contributed by atoms with Gasteiger partial charge in [-0.2, -0.15) is 0 Å². The maximum absolute atomic E-state index is 8.89. The molecule has 168 valence electrons. The molecule has 0 aliphatic carbocycles. The van der Waals surface area contributed by atoms with E-state index >= 15 is 0 Å². The number of carbonyl (C=O) groups is 7. The Bertz CT molecular complexity index is 334. The van der Waals surface area contributed by atoms with Crippen molar-refractivity contribution in [3.63, 3.8) is 0 Å². The van der Waals surface area contributed by atoms with Gasteiger partial charge in [-0.3, -0.25) is 0 Å². The zero-order chi connectivity index (χ0) is 25.0. The topological polar surface area (TPSA) is 281 Å². The molecule has 0 spiro atoms. The van der Waals surface area contributed by atoms with Crippen molar-refractivity contribution < 1.29 is 217 Å². The summed E-state index contributed by atoms with van der Waals surface area (Å²) in [6.45, 7) is 6.81. The van der Waals surface area contributed by atoms with Gasteiger partial charge in [0.1, 0.15) is 0 Å². The van der Waals surface area contributed by atoms with Crippen molar-refractivity contribution >= 4 is 79.5 Å². The van der Waals surface area contributed by atoms with Crippen LogP contribution in [-0.4, -0.2) is 79.5 Å². The number of rotatable bonds is 0. The van der Waals surface area contributed by atoms with Gasteiger partial charge in [0.15, 0.2) is 0 Å². The number of carboxylic acids is 7. The molecule has 0 aliphatic rings. The summed E-state index contributed by atoms with van der Waals surface area (Å²) < 4.78 is 0. The Labute approximate surface area is 338 Å². The van der Waals surface area contributed by atoms with Crippen LogP contribution in [0.1, 0.15) is 48.5 Å². The molecule has 20 heteroatoms. The Hall–Kier alpha value is 2.55. The zero-order valence-corrected chi connectivity index (χ0v) is 34.1. The summed E-state index contributed by atoms with van der Waals surface area (Å²) in [6.07, 6.45) is 0. The normalized spacial score (nSPS) is 5.15. The van der Waals surface area contributed by atoms with Crippen molar-refractivity contribution in [3.8, 4) is 0 Å². The molecule has 0 atom stereocenters. The van der Waals surface area contributed by atoms with Crippen LogP contribution >= 0.6 is 0 Å². The van der Waals surface area contributed by atoms with Crippen LogP contribution in [0.15, 0.2) is 0 Å². The largest absolute Gasteiger partial charge is 2.00 e. The van der Waals surface area contributed by atoms with Gasteiger partial charge in [0.25, 0.3) is 0 Å². The van der Waals surface area contributed by atoms with E-state index in [2.05, 4.69) is 0 Å². The number of carboxylic acid groups (broad SMARTS) is 7. The van der Waals surface area contributed by atoms with E-state index in [1.54, 1.807) is 0 Å². The molecule has 14 nitrogen and oxygen atoms in total. The summed E-state index contributed by atoms with van der Waals surface area (Å²) in [6, 6.07) is 0. The molecule has 0 fully saturated rings. The third-order valence-electron chi connectivity index (χ3n) is 0. The first kappa shape index (κ1) is 83.3. The monoisotopic (exact) mass is 568 g/mol.